The molecule has 4 rings (SSSR count). The Bertz CT molecular complexity index is 1220. The molecule has 4 aromatic rings. The second-order valence-electron chi connectivity index (χ2n) is 7.03. The Balaban J connectivity index is 1.25. The highest BCUT2D eigenvalue weighted by Gasteiger charge is 2.12. The molecule has 0 spiro atoms. The van der Waals surface area contributed by atoms with E-state index in [0.717, 1.165) is 17.7 Å². The van der Waals surface area contributed by atoms with Crippen molar-refractivity contribution in [2.24, 2.45) is 0 Å². The third-order valence-electron chi connectivity index (χ3n) is 4.66. The van der Waals surface area contributed by atoms with Crippen molar-refractivity contribution >= 4 is 28.7 Å². The molecule has 0 saturated carbocycles. The van der Waals surface area contributed by atoms with E-state index in [4.69, 9.17) is 4.74 Å². The molecule has 2 aromatic carbocycles. The smallest absolute Gasteiger partial charge is 0.262 e. The highest BCUT2D eigenvalue weighted by atomic mass is 32.2. The molecule has 0 unspecified atom stereocenters. The van der Waals surface area contributed by atoms with Crippen LogP contribution in [0.5, 0.6) is 0 Å². The number of nitrogens with zero attached hydrogens (tertiary/aromatic N) is 3. The average molecular weight is 450 g/mol. The Labute approximate surface area is 189 Å². The lowest BCUT2D eigenvalue weighted by Gasteiger charge is -2.07. The minimum atomic E-state index is -0.282. The number of fused-ring (bicyclic) bond motifs is 1. The summed E-state index contributed by atoms with van der Waals surface area (Å²) in [5, 5.41) is 7.92. The number of carbonyl (C=O) groups excluding carboxylic acids is 1. The molecule has 0 aliphatic heterocycles. The predicted molar refractivity (Wildman–Crippen MR) is 124 cm³/mol. The van der Waals surface area contributed by atoms with Crippen molar-refractivity contribution in [3.8, 4) is 5.69 Å². The van der Waals surface area contributed by atoms with Crippen molar-refractivity contribution in [2.75, 3.05) is 18.9 Å². The van der Waals surface area contributed by atoms with Crippen LogP contribution in [0.25, 0.3) is 16.7 Å². The molecule has 0 bridgehead atoms. The highest BCUT2D eigenvalue weighted by molar-refractivity contribution is 7.99. The van der Waals surface area contributed by atoms with Gasteiger partial charge in [-0.1, -0.05) is 60.3 Å². The molecule has 8 nitrogen and oxygen atoms in total. The number of thioether (sulfide) groups is 1. The van der Waals surface area contributed by atoms with Crippen LogP contribution in [0.2, 0.25) is 0 Å². The van der Waals surface area contributed by atoms with E-state index in [2.05, 4.69) is 20.4 Å². The van der Waals surface area contributed by atoms with Crippen molar-refractivity contribution in [3.63, 3.8) is 0 Å². The van der Waals surface area contributed by atoms with Crippen molar-refractivity contribution < 1.29 is 9.53 Å². The number of aromatic amines is 1. The van der Waals surface area contributed by atoms with Gasteiger partial charge in [-0.3, -0.25) is 9.59 Å². The Morgan fingerprint density at radius 1 is 1.09 bits per heavy atom. The molecule has 0 fully saturated rings. The van der Waals surface area contributed by atoms with Crippen molar-refractivity contribution in [1.82, 2.24) is 25.1 Å². The minimum Gasteiger partial charge on any atom is -0.377 e. The van der Waals surface area contributed by atoms with Gasteiger partial charge < -0.3 is 15.0 Å². The number of hydrogen-bond acceptors (Lipinski definition) is 6. The molecular weight excluding hydrogens is 426 g/mol. The zero-order valence-electron chi connectivity index (χ0n) is 17.4. The number of hydrogen-bond donors (Lipinski definition) is 2. The molecule has 0 aliphatic rings. The summed E-state index contributed by atoms with van der Waals surface area (Å²) >= 11 is 1.18. The summed E-state index contributed by atoms with van der Waals surface area (Å²) in [7, 11) is 0. The minimum absolute atomic E-state index is 0.127. The van der Waals surface area contributed by atoms with Crippen LogP contribution in [-0.4, -0.2) is 44.6 Å². The molecule has 1 amide bonds. The van der Waals surface area contributed by atoms with E-state index in [0.29, 0.717) is 35.9 Å². The standard InChI is InChI=1S/C23H23N5O3S/c29-20(24-12-7-13-31-15-17-8-3-1-4-9-17)16-32-23-26-21-19(22(30)27-23)14-25-28(21)18-10-5-2-6-11-18/h1-6,8-11,14H,7,12-13,15-16H2,(H,24,29)(H,26,27,30). The first kappa shape index (κ1) is 21.8. The second kappa shape index (κ2) is 10.7. The number of rotatable bonds is 10. The molecule has 2 N–H and O–H groups in total. The van der Waals surface area contributed by atoms with Crippen LogP contribution in [-0.2, 0) is 16.1 Å². The average Bonchev–Trinajstić information content (AvgIpc) is 3.26. The summed E-state index contributed by atoms with van der Waals surface area (Å²) in [6.45, 7) is 1.65. The summed E-state index contributed by atoms with van der Waals surface area (Å²) in [4.78, 5) is 31.7. The first-order valence-corrected chi connectivity index (χ1v) is 11.2. The van der Waals surface area contributed by atoms with E-state index < -0.39 is 0 Å². The molecule has 9 heteroatoms. The molecule has 32 heavy (non-hydrogen) atoms. The zero-order valence-corrected chi connectivity index (χ0v) is 18.2. The van der Waals surface area contributed by atoms with E-state index >= 15 is 0 Å². The summed E-state index contributed by atoms with van der Waals surface area (Å²) < 4.78 is 7.23. The first-order chi connectivity index (χ1) is 15.7. The van der Waals surface area contributed by atoms with E-state index in [1.807, 2.05) is 60.7 Å². The Kier molecular flexibility index (Phi) is 7.31. The molecule has 0 radical (unpaired) electrons. The molecule has 164 valence electrons. The lowest BCUT2D eigenvalue weighted by molar-refractivity contribution is -0.118. The van der Waals surface area contributed by atoms with Crippen LogP contribution in [0.15, 0.2) is 76.8 Å². The second-order valence-corrected chi connectivity index (χ2v) is 7.99. The van der Waals surface area contributed by atoms with Gasteiger partial charge in [0.15, 0.2) is 10.8 Å². The fraction of sp³-hybridized carbons (Fsp3) is 0.217. The fourth-order valence-corrected chi connectivity index (χ4v) is 3.76. The number of H-pyrrole nitrogens is 1. The Hall–Kier alpha value is -3.43. The van der Waals surface area contributed by atoms with E-state index in [1.165, 1.54) is 18.0 Å². The first-order valence-electron chi connectivity index (χ1n) is 10.3. The van der Waals surface area contributed by atoms with Crippen LogP contribution in [0.4, 0.5) is 0 Å². The fourth-order valence-electron chi connectivity index (χ4n) is 3.08. The lowest BCUT2D eigenvalue weighted by Crippen LogP contribution is -2.27. The molecule has 2 heterocycles. The summed E-state index contributed by atoms with van der Waals surface area (Å²) in [6, 6.07) is 19.4. The zero-order chi connectivity index (χ0) is 22.2. The molecular formula is C23H23N5O3S. The SMILES string of the molecule is O=C(CSc1nc2c(cnn2-c2ccccc2)c(=O)[nH]1)NCCCOCc1ccccc1. The molecule has 0 atom stereocenters. The van der Waals surface area contributed by atoms with Crippen LogP contribution < -0.4 is 10.9 Å². The number of benzene rings is 2. The largest absolute Gasteiger partial charge is 0.377 e. The summed E-state index contributed by atoms with van der Waals surface area (Å²) in [5.74, 6) is 0.0241. The summed E-state index contributed by atoms with van der Waals surface area (Å²) in [5.41, 5.74) is 2.11. The van der Waals surface area contributed by atoms with Gasteiger partial charge in [0.1, 0.15) is 5.39 Å². The van der Waals surface area contributed by atoms with Gasteiger partial charge in [-0.15, -0.1) is 0 Å². The number of aromatic nitrogens is 4. The van der Waals surface area contributed by atoms with E-state index in [-0.39, 0.29) is 17.2 Å². The predicted octanol–water partition coefficient (Wildman–Crippen LogP) is 2.92. The van der Waals surface area contributed by atoms with Gasteiger partial charge in [0.2, 0.25) is 5.91 Å². The number of para-hydroxylation sites is 1. The van der Waals surface area contributed by atoms with Gasteiger partial charge in [0.05, 0.1) is 24.2 Å². The van der Waals surface area contributed by atoms with Crippen LogP contribution in [0, 0.1) is 0 Å². The van der Waals surface area contributed by atoms with Crippen LogP contribution in [0.1, 0.15) is 12.0 Å². The monoisotopic (exact) mass is 449 g/mol. The van der Waals surface area contributed by atoms with Gasteiger partial charge in [-0.25, -0.2) is 9.67 Å². The van der Waals surface area contributed by atoms with Gasteiger partial charge >= 0.3 is 0 Å². The third-order valence-corrected chi connectivity index (χ3v) is 5.53. The van der Waals surface area contributed by atoms with Crippen LogP contribution >= 0.6 is 11.8 Å². The molecule has 2 aromatic heterocycles. The summed E-state index contributed by atoms with van der Waals surface area (Å²) in [6.07, 6.45) is 2.22. The van der Waals surface area contributed by atoms with Crippen LogP contribution in [0.3, 0.4) is 0 Å². The van der Waals surface area contributed by atoms with Gasteiger partial charge in [0.25, 0.3) is 5.56 Å². The van der Waals surface area contributed by atoms with Gasteiger partial charge in [0, 0.05) is 13.2 Å². The van der Waals surface area contributed by atoms with Crippen molar-refractivity contribution in [3.05, 3.63) is 82.8 Å². The lowest BCUT2D eigenvalue weighted by atomic mass is 10.2. The molecule has 0 aliphatic carbocycles. The third kappa shape index (κ3) is 5.63. The number of amides is 1. The normalized spacial score (nSPS) is 11.0. The number of ether oxygens (including phenoxy) is 1. The maximum Gasteiger partial charge on any atom is 0.262 e. The number of nitrogens with one attached hydrogen (secondary N) is 2. The van der Waals surface area contributed by atoms with Gasteiger partial charge in [-0.05, 0) is 24.1 Å². The maximum absolute atomic E-state index is 12.4. The van der Waals surface area contributed by atoms with Crippen molar-refractivity contribution in [2.45, 2.75) is 18.2 Å². The van der Waals surface area contributed by atoms with E-state index in [1.54, 1.807) is 4.68 Å². The van der Waals surface area contributed by atoms with Gasteiger partial charge in [-0.2, -0.15) is 5.10 Å². The number of carbonyl (C=O) groups is 1. The van der Waals surface area contributed by atoms with Crippen molar-refractivity contribution in [1.29, 1.82) is 0 Å². The Morgan fingerprint density at radius 2 is 1.84 bits per heavy atom. The Morgan fingerprint density at radius 3 is 2.62 bits per heavy atom. The molecule has 0 saturated heterocycles. The highest BCUT2D eigenvalue weighted by Crippen LogP contribution is 2.17. The van der Waals surface area contributed by atoms with E-state index in [9.17, 15) is 9.59 Å². The quantitative estimate of drug-likeness (QED) is 0.219. The topological polar surface area (TPSA) is 102 Å². The maximum atomic E-state index is 12.4.